The van der Waals surface area contributed by atoms with E-state index in [4.69, 9.17) is 5.73 Å². The van der Waals surface area contributed by atoms with E-state index in [1.54, 1.807) is 48.8 Å². The van der Waals surface area contributed by atoms with Crippen LogP contribution >= 0.6 is 0 Å². The van der Waals surface area contributed by atoms with E-state index in [1.807, 2.05) is 12.1 Å². The Morgan fingerprint density at radius 1 is 0.966 bits per heavy atom. The molecule has 0 fully saturated rings. The molecule has 4 rings (SSSR count). The number of hydrogen-bond acceptors (Lipinski definition) is 4. The summed E-state index contributed by atoms with van der Waals surface area (Å²) in [7, 11) is 0. The SMILES string of the molecule is CC(=O)N(c1ccc(N)cc1)c1n[nH]c(-c2ccc(F)cc2)c1-c1ccncc1. The molecule has 6 nitrogen and oxygen atoms in total. The summed E-state index contributed by atoms with van der Waals surface area (Å²) in [6, 6.07) is 16.8. The minimum Gasteiger partial charge on any atom is -0.399 e. The van der Waals surface area contributed by atoms with Crippen LogP contribution in [0, 0.1) is 5.82 Å². The molecule has 0 saturated heterocycles. The van der Waals surface area contributed by atoms with Gasteiger partial charge in [-0.25, -0.2) is 4.39 Å². The second-order valence-corrected chi connectivity index (χ2v) is 6.49. The third kappa shape index (κ3) is 3.58. The predicted molar refractivity (Wildman–Crippen MR) is 111 cm³/mol. The third-order valence-electron chi connectivity index (χ3n) is 4.53. The summed E-state index contributed by atoms with van der Waals surface area (Å²) < 4.78 is 13.4. The Hall–Kier alpha value is -4.00. The van der Waals surface area contributed by atoms with Crippen LogP contribution < -0.4 is 10.6 Å². The zero-order chi connectivity index (χ0) is 20.4. The van der Waals surface area contributed by atoms with Crippen molar-refractivity contribution < 1.29 is 9.18 Å². The minimum absolute atomic E-state index is 0.206. The fourth-order valence-electron chi connectivity index (χ4n) is 3.19. The largest absolute Gasteiger partial charge is 0.399 e. The number of anilines is 3. The molecule has 0 unspecified atom stereocenters. The number of nitrogen functional groups attached to an aromatic ring is 1. The van der Waals surface area contributed by atoms with Crippen molar-refractivity contribution in [3.63, 3.8) is 0 Å². The van der Waals surface area contributed by atoms with Gasteiger partial charge in [0.25, 0.3) is 0 Å². The zero-order valence-corrected chi connectivity index (χ0v) is 15.6. The molecule has 2 aromatic carbocycles. The summed E-state index contributed by atoms with van der Waals surface area (Å²) in [6.45, 7) is 1.47. The maximum Gasteiger partial charge on any atom is 0.229 e. The Morgan fingerprint density at radius 2 is 1.62 bits per heavy atom. The molecule has 0 aliphatic rings. The van der Waals surface area contributed by atoms with E-state index in [-0.39, 0.29) is 11.7 Å². The molecular weight excluding hydrogens is 369 g/mol. The van der Waals surface area contributed by atoms with Gasteiger partial charge >= 0.3 is 0 Å². The minimum atomic E-state index is -0.328. The molecule has 0 aliphatic carbocycles. The van der Waals surface area contributed by atoms with Crippen molar-refractivity contribution in [2.45, 2.75) is 6.92 Å². The predicted octanol–water partition coefficient (Wildman–Crippen LogP) is 4.54. The normalized spacial score (nSPS) is 10.7. The van der Waals surface area contributed by atoms with Crippen molar-refractivity contribution in [1.82, 2.24) is 15.2 Å². The molecule has 29 heavy (non-hydrogen) atoms. The third-order valence-corrected chi connectivity index (χ3v) is 4.53. The molecule has 0 atom stereocenters. The van der Waals surface area contributed by atoms with E-state index in [1.165, 1.54) is 24.0 Å². The summed E-state index contributed by atoms with van der Waals surface area (Å²) in [5.74, 6) is -0.0961. The second-order valence-electron chi connectivity index (χ2n) is 6.49. The number of pyridine rings is 1. The second kappa shape index (κ2) is 7.55. The number of rotatable bonds is 4. The number of hydrogen-bond donors (Lipinski definition) is 2. The lowest BCUT2D eigenvalue weighted by atomic mass is 10.0. The zero-order valence-electron chi connectivity index (χ0n) is 15.6. The molecule has 144 valence electrons. The van der Waals surface area contributed by atoms with Crippen molar-refractivity contribution in [3.8, 4) is 22.4 Å². The van der Waals surface area contributed by atoms with Crippen LogP contribution in [0.1, 0.15) is 6.92 Å². The molecule has 4 aromatic rings. The first-order chi connectivity index (χ1) is 14.0. The first-order valence-electron chi connectivity index (χ1n) is 8.95. The van der Waals surface area contributed by atoms with Gasteiger partial charge in [-0.3, -0.25) is 19.8 Å². The lowest BCUT2D eigenvalue weighted by molar-refractivity contribution is -0.115. The Morgan fingerprint density at radius 3 is 2.24 bits per heavy atom. The van der Waals surface area contributed by atoms with E-state index in [2.05, 4.69) is 15.2 Å². The van der Waals surface area contributed by atoms with Gasteiger partial charge in [0.2, 0.25) is 5.91 Å². The van der Waals surface area contributed by atoms with Gasteiger partial charge in [0.15, 0.2) is 5.82 Å². The van der Waals surface area contributed by atoms with Gasteiger partial charge in [0, 0.05) is 30.6 Å². The van der Waals surface area contributed by atoms with Crippen LogP contribution in [-0.4, -0.2) is 21.1 Å². The fourth-order valence-corrected chi connectivity index (χ4v) is 3.19. The summed E-state index contributed by atoms with van der Waals surface area (Å²) in [5.41, 5.74) is 9.99. The topological polar surface area (TPSA) is 87.9 Å². The van der Waals surface area contributed by atoms with Crippen molar-refractivity contribution >= 4 is 23.1 Å². The van der Waals surface area contributed by atoms with E-state index in [0.29, 0.717) is 28.5 Å². The molecule has 1 amide bonds. The number of carbonyl (C=O) groups excluding carboxylic acids is 1. The number of carbonyl (C=O) groups is 1. The first-order valence-corrected chi connectivity index (χ1v) is 8.95. The van der Waals surface area contributed by atoms with Crippen LogP contribution in [0.25, 0.3) is 22.4 Å². The Balaban J connectivity index is 1.94. The van der Waals surface area contributed by atoms with Gasteiger partial charge in [-0.05, 0) is 66.2 Å². The number of amides is 1. The Kier molecular flexibility index (Phi) is 4.78. The highest BCUT2D eigenvalue weighted by Gasteiger charge is 2.25. The van der Waals surface area contributed by atoms with E-state index >= 15 is 0 Å². The average Bonchev–Trinajstić information content (AvgIpc) is 3.15. The summed E-state index contributed by atoms with van der Waals surface area (Å²) >= 11 is 0. The van der Waals surface area contributed by atoms with Crippen LogP contribution in [0.15, 0.2) is 73.1 Å². The lowest BCUT2D eigenvalue weighted by Gasteiger charge is -2.21. The molecule has 2 aromatic heterocycles. The number of aromatic amines is 1. The molecule has 0 aliphatic heterocycles. The number of aromatic nitrogens is 3. The number of benzene rings is 2. The molecular formula is C22H18FN5O. The standard InChI is InChI=1S/C22H18FN5O/c1-14(29)28(19-8-6-18(24)7-9-19)22-20(15-10-12-25-13-11-15)21(26-27-22)16-2-4-17(23)5-3-16/h2-13H,24H2,1H3,(H,26,27). The summed E-state index contributed by atoms with van der Waals surface area (Å²) in [5, 5.41) is 7.46. The average molecular weight is 387 g/mol. The van der Waals surface area contributed by atoms with Crippen molar-refractivity contribution in [2.24, 2.45) is 0 Å². The van der Waals surface area contributed by atoms with Gasteiger partial charge < -0.3 is 5.73 Å². The lowest BCUT2D eigenvalue weighted by Crippen LogP contribution is -2.23. The van der Waals surface area contributed by atoms with Gasteiger partial charge in [-0.15, -0.1) is 0 Å². The first kappa shape index (κ1) is 18.4. The fraction of sp³-hybridized carbons (Fsp3) is 0.0455. The number of halogens is 1. The molecule has 0 radical (unpaired) electrons. The highest BCUT2D eigenvalue weighted by atomic mass is 19.1. The van der Waals surface area contributed by atoms with Gasteiger partial charge in [0.05, 0.1) is 16.9 Å². The molecule has 3 N–H and O–H groups in total. The van der Waals surface area contributed by atoms with Crippen molar-refractivity contribution in [1.29, 1.82) is 0 Å². The Bertz CT molecular complexity index is 1140. The summed E-state index contributed by atoms with van der Waals surface area (Å²) in [4.78, 5) is 18.2. The monoisotopic (exact) mass is 387 g/mol. The number of nitrogens with zero attached hydrogens (tertiary/aromatic N) is 3. The maximum absolute atomic E-state index is 13.4. The van der Waals surface area contributed by atoms with E-state index in [0.717, 1.165) is 11.1 Å². The smallest absolute Gasteiger partial charge is 0.229 e. The van der Waals surface area contributed by atoms with E-state index < -0.39 is 0 Å². The number of nitrogens with one attached hydrogen (secondary N) is 1. The highest BCUT2D eigenvalue weighted by molar-refractivity contribution is 6.04. The molecule has 0 saturated carbocycles. The summed E-state index contributed by atoms with van der Waals surface area (Å²) in [6.07, 6.45) is 3.34. The van der Waals surface area contributed by atoms with Gasteiger partial charge in [0.1, 0.15) is 5.82 Å². The molecule has 0 bridgehead atoms. The van der Waals surface area contributed by atoms with Crippen molar-refractivity contribution in [3.05, 3.63) is 78.9 Å². The Labute approximate surface area is 166 Å². The maximum atomic E-state index is 13.4. The molecule has 7 heteroatoms. The van der Waals surface area contributed by atoms with Crippen molar-refractivity contribution in [2.75, 3.05) is 10.6 Å². The van der Waals surface area contributed by atoms with Crippen LogP contribution in [0.5, 0.6) is 0 Å². The number of H-pyrrole nitrogens is 1. The molecule has 2 heterocycles. The van der Waals surface area contributed by atoms with Crippen LogP contribution in [0.2, 0.25) is 0 Å². The van der Waals surface area contributed by atoms with Crippen LogP contribution in [-0.2, 0) is 4.79 Å². The van der Waals surface area contributed by atoms with Gasteiger partial charge in [-0.2, -0.15) is 5.10 Å². The van der Waals surface area contributed by atoms with E-state index in [9.17, 15) is 9.18 Å². The molecule has 0 spiro atoms. The van der Waals surface area contributed by atoms with Crippen LogP contribution in [0.3, 0.4) is 0 Å². The quantitative estimate of drug-likeness (QED) is 0.503. The van der Waals surface area contributed by atoms with Crippen LogP contribution in [0.4, 0.5) is 21.6 Å². The van der Waals surface area contributed by atoms with Gasteiger partial charge in [-0.1, -0.05) is 0 Å². The number of nitrogens with two attached hydrogens (primary N) is 1. The highest BCUT2D eigenvalue weighted by Crippen LogP contribution is 2.40.